The lowest BCUT2D eigenvalue weighted by Gasteiger charge is -2.18. The molecule has 0 radical (unpaired) electrons. The Morgan fingerprint density at radius 2 is 1.95 bits per heavy atom. The first-order valence-corrected chi connectivity index (χ1v) is 6.22. The summed E-state index contributed by atoms with van der Waals surface area (Å²) in [6, 6.07) is 6.96. The number of nitrogens with one attached hydrogen (secondary N) is 1. The van der Waals surface area contributed by atoms with E-state index in [0.29, 0.717) is 5.56 Å². The van der Waals surface area contributed by atoms with E-state index in [2.05, 4.69) is 10.3 Å². The molecule has 20 heavy (non-hydrogen) atoms. The highest BCUT2D eigenvalue weighted by atomic mass is 19.4. The maximum absolute atomic E-state index is 12.7. The van der Waals surface area contributed by atoms with Gasteiger partial charge in [0.2, 0.25) is 0 Å². The maximum Gasteiger partial charge on any atom is 0.416 e. The number of hydrogen-bond donors (Lipinski definition) is 1. The number of pyridine rings is 1. The predicted octanol–water partition coefficient (Wildman–Crippen LogP) is 4.58. The van der Waals surface area contributed by atoms with Gasteiger partial charge in [-0.3, -0.25) is 4.98 Å². The van der Waals surface area contributed by atoms with Crippen molar-refractivity contribution in [2.75, 3.05) is 5.32 Å². The van der Waals surface area contributed by atoms with Crippen LogP contribution in [0.25, 0.3) is 0 Å². The standard InChI is InChI=1S/C15H15F3N2/c1-10-6-7-19-9-14(10)20-11(2)12-4-3-5-13(8-12)15(16,17)18/h3-9,11,20H,1-2H3. The second kappa shape index (κ2) is 5.53. The summed E-state index contributed by atoms with van der Waals surface area (Å²) in [5, 5.41) is 3.18. The third kappa shape index (κ3) is 3.29. The summed E-state index contributed by atoms with van der Waals surface area (Å²) in [4.78, 5) is 4.01. The van der Waals surface area contributed by atoms with E-state index in [-0.39, 0.29) is 6.04 Å². The van der Waals surface area contributed by atoms with Crippen molar-refractivity contribution in [1.82, 2.24) is 4.98 Å². The molecule has 0 aliphatic heterocycles. The Bertz CT molecular complexity index is 594. The van der Waals surface area contributed by atoms with Crippen molar-refractivity contribution in [3.63, 3.8) is 0 Å². The zero-order valence-electron chi connectivity index (χ0n) is 11.2. The summed E-state index contributed by atoms with van der Waals surface area (Å²) in [6.45, 7) is 3.74. The van der Waals surface area contributed by atoms with E-state index in [1.807, 2.05) is 19.9 Å². The molecule has 0 aliphatic rings. The Hall–Kier alpha value is -2.04. The minimum absolute atomic E-state index is 0.236. The largest absolute Gasteiger partial charge is 0.416 e. The predicted molar refractivity (Wildman–Crippen MR) is 72.5 cm³/mol. The molecular weight excluding hydrogens is 265 g/mol. The van der Waals surface area contributed by atoms with Crippen LogP contribution in [-0.4, -0.2) is 4.98 Å². The van der Waals surface area contributed by atoms with Crippen molar-refractivity contribution in [3.8, 4) is 0 Å². The fourth-order valence-electron chi connectivity index (χ4n) is 1.92. The minimum atomic E-state index is -4.32. The van der Waals surface area contributed by atoms with Crippen LogP contribution in [0.3, 0.4) is 0 Å². The van der Waals surface area contributed by atoms with E-state index in [1.54, 1.807) is 18.5 Å². The SMILES string of the molecule is Cc1ccncc1NC(C)c1cccc(C(F)(F)F)c1. The summed E-state index contributed by atoms with van der Waals surface area (Å²) in [5.74, 6) is 0. The molecule has 1 unspecified atom stereocenters. The highest BCUT2D eigenvalue weighted by molar-refractivity contribution is 5.50. The number of halogens is 3. The van der Waals surface area contributed by atoms with Gasteiger partial charge in [-0.25, -0.2) is 0 Å². The van der Waals surface area contributed by atoms with Crippen LogP contribution in [0.2, 0.25) is 0 Å². The molecule has 0 bridgehead atoms. The van der Waals surface area contributed by atoms with Gasteiger partial charge in [-0.2, -0.15) is 13.2 Å². The Kier molecular flexibility index (Phi) is 3.97. The van der Waals surface area contributed by atoms with Crippen molar-refractivity contribution >= 4 is 5.69 Å². The van der Waals surface area contributed by atoms with E-state index < -0.39 is 11.7 Å². The second-order valence-corrected chi connectivity index (χ2v) is 4.68. The Morgan fingerprint density at radius 1 is 1.20 bits per heavy atom. The molecule has 0 amide bonds. The highest BCUT2D eigenvalue weighted by Crippen LogP contribution is 2.31. The molecule has 0 saturated carbocycles. The fraction of sp³-hybridized carbons (Fsp3) is 0.267. The Morgan fingerprint density at radius 3 is 2.60 bits per heavy atom. The summed E-state index contributed by atoms with van der Waals surface area (Å²) >= 11 is 0. The van der Waals surface area contributed by atoms with Crippen LogP contribution in [0.15, 0.2) is 42.7 Å². The zero-order valence-corrected chi connectivity index (χ0v) is 11.2. The van der Waals surface area contributed by atoms with Crippen molar-refractivity contribution < 1.29 is 13.2 Å². The molecule has 0 spiro atoms. The molecule has 1 aromatic heterocycles. The van der Waals surface area contributed by atoms with Gasteiger partial charge in [0.05, 0.1) is 17.4 Å². The number of nitrogens with zero attached hydrogens (tertiary/aromatic N) is 1. The third-order valence-corrected chi connectivity index (χ3v) is 3.13. The number of alkyl halides is 3. The van der Waals surface area contributed by atoms with Crippen molar-refractivity contribution in [2.45, 2.75) is 26.1 Å². The van der Waals surface area contributed by atoms with Gasteiger partial charge in [0, 0.05) is 12.2 Å². The van der Waals surface area contributed by atoms with Gasteiger partial charge in [-0.15, -0.1) is 0 Å². The van der Waals surface area contributed by atoms with Gasteiger partial charge in [0.15, 0.2) is 0 Å². The average Bonchev–Trinajstić information content (AvgIpc) is 2.40. The number of aromatic nitrogens is 1. The normalized spacial score (nSPS) is 13.1. The number of rotatable bonds is 3. The number of benzene rings is 1. The minimum Gasteiger partial charge on any atom is -0.377 e. The van der Waals surface area contributed by atoms with Crippen molar-refractivity contribution in [2.24, 2.45) is 0 Å². The molecule has 1 N–H and O–H groups in total. The van der Waals surface area contributed by atoms with Crippen LogP contribution in [0.4, 0.5) is 18.9 Å². The monoisotopic (exact) mass is 280 g/mol. The molecule has 1 heterocycles. The van der Waals surface area contributed by atoms with Gasteiger partial charge in [-0.05, 0) is 43.2 Å². The summed E-state index contributed by atoms with van der Waals surface area (Å²) in [5.41, 5.74) is 1.77. The van der Waals surface area contributed by atoms with Crippen LogP contribution in [0.1, 0.15) is 29.7 Å². The molecule has 2 nitrogen and oxygen atoms in total. The van der Waals surface area contributed by atoms with Crippen LogP contribution < -0.4 is 5.32 Å². The lowest BCUT2D eigenvalue weighted by molar-refractivity contribution is -0.137. The average molecular weight is 280 g/mol. The summed E-state index contributed by atoms with van der Waals surface area (Å²) < 4.78 is 38.1. The van der Waals surface area contributed by atoms with E-state index in [0.717, 1.165) is 17.3 Å². The molecule has 5 heteroatoms. The van der Waals surface area contributed by atoms with E-state index in [4.69, 9.17) is 0 Å². The molecular formula is C15H15F3N2. The topological polar surface area (TPSA) is 24.9 Å². The number of hydrogen-bond acceptors (Lipinski definition) is 2. The molecule has 0 aliphatic carbocycles. The molecule has 2 rings (SSSR count). The van der Waals surface area contributed by atoms with Crippen LogP contribution in [0, 0.1) is 6.92 Å². The summed E-state index contributed by atoms with van der Waals surface area (Å²) in [7, 11) is 0. The fourth-order valence-corrected chi connectivity index (χ4v) is 1.92. The zero-order chi connectivity index (χ0) is 14.8. The summed E-state index contributed by atoms with van der Waals surface area (Å²) in [6.07, 6.45) is -0.977. The van der Waals surface area contributed by atoms with Gasteiger partial charge in [-0.1, -0.05) is 12.1 Å². The molecule has 106 valence electrons. The van der Waals surface area contributed by atoms with Gasteiger partial charge < -0.3 is 5.32 Å². The smallest absolute Gasteiger partial charge is 0.377 e. The molecule has 0 fully saturated rings. The van der Waals surface area contributed by atoms with E-state index in [9.17, 15) is 13.2 Å². The highest BCUT2D eigenvalue weighted by Gasteiger charge is 2.30. The lowest BCUT2D eigenvalue weighted by atomic mass is 10.0. The van der Waals surface area contributed by atoms with Crippen molar-refractivity contribution in [3.05, 3.63) is 59.4 Å². The van der Waals surface area contributed by atoms with Crippen LogP contribution >= 0.6 is 0 Å². The lowest BCUT2D eigenvalue weighted by Crippen LogP contribution is -2.10. The maximum atomic E-state index is 12.7. The third-order valence-electron chi connectivity index (χ3n) is 3.13. The van der Waals surface area contributed by atoms with Crippen LogP contribution in [0.5, 0.6) is 0 Å². The first kappa shape index (κ1) is 14.4. The van der Waals surface area contributed by atoms with Crippen molar-refractivity contribution in [1.29, 1.82) is 0 Å². The van der Waals surface area contributed by atoms with E-state index >= 15 is 0 Å². The quantitative estimate of drug-likeness (QED) is 0.890. The Labute approximate surface area is 115 Å². The van der Waals surface area contributed by atoms with Gasteiger partial charge >= 0.3 is 6.18 Å². The number of aryl methyl sites for hydroxylation is 1. The Balaban J connectivity index is 2.22. The first-order chi connectivity index (χ1) is 9.38. The van der Waals surface area contributed by atoms with Gasteiger partial charge in [0.1, 0.15) is 0 Å². The number of anilines is 1. The second-order valence-electron chi connectivity index (χ2n) is 4.68. The molecule has 1 atom stereocenters. The molecule has 1 aromatic carbocycles. The molecule has 0 saturated heterocycles. The molecule has 2 aromatic rings. The van der Waals surface area contributed by atoms with Crippen LogP contribution in [-0.2, 0) is 6.18 Å². The van der Waals surface area contributed by atoms with Gasteiger partial charge in [0.25, 0.3) is 0 Å². The first-order valence-electron chi connectivity index (χ1n) is 6.22. The van der Waals surface area contributed by atoms with E-state index in [1.165, 1.54) is 12.1 Å².